The molecule has 0 atom stereocenters. The summed E-state index contributed by atoms with van der Waals surface area (Å²) in [6.07, 6.45) is 2.68. The van der Waals surface area contributed by atoms with Gasteiger partial charge in [-0.2, -0.15) is 0 Å². The molecule has 2 rings (SSSR count). The van der Waals surface area contributed by atoms with Gasteiger partial charge in [0.25, 0.3) is 0 Å². The van der Waals surface area contributed by atoms with Crippen molar-refractivity contribution < 1.29 is 4.74 Å². The molecule has 0 unspecified atom stereocenters. The van der Waals surface area contributed by atoms with Crippen molar-refractivity contribution in [2.75, 3.05) is 13.7 Å². The van der Waals surface area contributed by atoms with Crippen molar-refractivity contribution in [3.63, 3.8) is 0 Å². The van der Waals surface area contributed by atoms with Crippen molar-refractivity contribution in [2.24, 2.45) is 0 Å². The molecule has 5 nitrogen and oxygen atoms in total. The first-order chi connectivity index (χ1) is 12.8. The second-order valence-electron chi connectivity index (χ2n) is 6.38. The zero-order valence-corrected chi connectivity index (χ0v) is 18.1. The molecular formula is C20H24BrClN4O. The summed E-state index contributed by atoms with van der Waals surface area (Å²) in [7, 11) is 1.65. The number of hydrogen-bond donors (Lipinski definition) is 2. The van der Waals surface area contributed by atoms with E-state index in [0.717, 1.165) is 33.5 Å². The van der Waals surface area contributed by atoms with Crippen LogP contribution >= 0.6 is 27.5 Å². The molecule has 1 aromatic carbocycles. The molecule has 2 N–H and O–H groups in total. The summed E-state index contributed by atoms with van der Waals surface area (Å²) >= 11 is 9.22. The van der Waals surface area contributed by atoms with E-state index in [-0.39, 0.29) is 11.6 Å². The molecule has 0 aliphatic heterocycles. The lowest BCUT2D eigenvalue weighted by Gasteiger charge is -2.26. The van der Waals surface area contributed by atoms with Crippen molar-refractivity contribution in [2.45, 2.75) is 33.2 Å². The van der Waals surface area contributed by atoms with Crippen molar-refractivity contribution in [3.8, 4) is 5.75 Å². The van der Waals surface area contributed by atoms with E-state index in [0.29, 0.717) is 18.9 Å². The van der Waals surface area contributed by atoms with E-state index in [4.69, 9.17) is 27.2 Å². The molecule has 0 amide bonds. The molecule has 0 bridgehead atoms. The minimum atomic E-state index is -0.0429. The number of aryl methyl sites for hydroxylation is 1. The molecule has 27 heavy (non-hydrogen) atoms. The topological polar surface area (TPSA) is 73.1 Å². The van der Waals surface area contributed by atoms with E-state index < -0.39 is 0 Å². The molecule has 0 aliphatic carbocycles. The van der Waals surface area contributed by atoms with Gasteiger partial charge in [-0.05, 0) is 38.0 Å². The lowest BCUT2D eigenvalue weighted by molar-refractivity contribution is 0.390. The number of amidine groups is 1. The van der Waals surface area contributed by atoms with Crippen molar-refractivity contribution in [1.29, 1.82) is 10.8 Å². The van der Waals surface area contributed by atoms with Gasteiger partial charge < -0.3 is 9.64 Å². The van der Waals surface area contributed by atoms with Gasteiger partial charge >= 0.3 is 0 Å². The van der Waals surface area contributed by atoms with Crippen LogP contribution in [0.1, 0.15) is 28.8 Å². The average molecular weight is 452 g/mol. The average Bonchev–Trinajstić information content (AvgIpc) is 2.60. The normalized spacial score (nSPS) is 10.6. The fourth-order valence-electron chi connectivity index (χ4n) is 2.94. The fraction of sp³-hybridized carbons (Fsp3) is 0.350. The van der Waals surface area contributed by atoms with Crippen molar-refractivity contribution in [1.82, 2.24) is 9.88 Å². The molecular weight excluding hydrogens is 428 g/mol. The number of aromatic nitrogens is 1. The Bertz CT molecular complexity index is 841. The zero-order valence-electron chi connectivity index (χ0n) is 15.8. The van der Waals surface area contributed by atoms with Gasteiger partial charge in [-0.25, -0.2) is 0 Å². The molecule has 0 fully saturated rings. The largest absolute Gasteiger partial charge is 0.496 e. The number of nitrogens with one attached hydrogen (secondary N) is 2. The number of pyridine rings is 1. The summed E-state index contributed by atoms with van der Waals surface area (Å²) < 4.78 is 6.53. The van der Waals surface area contributed by atoms with Crippen LogP contribution in [-0.4, -0.2) is 34.5 Å². The van der Waals surface area contributed by atoms with Crippen LogP contribution in [0.4, 0.5) is 0 Å². The third-order valence-electron chi connectivity index (χ3n) is 4.35. The van der Waals surface area contributed by atoms with Gasteiger partial charge in [0.05, 0.1) is 25.8 Å². The molecule has 0 spiro atoms. The molecule has 1 aromatic heterocycles. The highest BCUT2D eigenvalue weighted by atomic mass is 79.9. The highest BCUT2D eigenvalue weighted by Gasteiger charge is 2.16. The molecule has 144 valence electrons. The molecule has 2 aromatic rings. The molecule has 7 heteroatoms. The number of benzene rings is 1. The van der Waals surface area contributed by atoms with E-state index in [1.807, 2.05) is 30.9 Å². The van der Waals surface area contributed by atoms with Crippen LogP contribution in [0, 0.1) is 24.7 Å². The van der Waals surface area contributed by atoms with Crippen LogP contribution in [-0.2, 0) is 13.0 Å². The number of hydrogen-bond acceptors (Lipinski definition) is 4. The van der Waals surface area contributed by atoms with Gasteiger partial charge in [0.2, 0.25) is 0 Å². The molecule has 0 saturated heterocycles. The van der Waals surface area contributed by atoms with Crippen LogP contribution in [0.25, 0.3) is 0 Å². The van der Waals surface area contributed by atoms with Crippen LogP contribution in [0.2, 0.25) is 0 Å². The standard InChI is InChI=1S/C20H24BrClN4O/c1-13-11-25-17(14(2)20(13)27-3)12-26(19(24)10-18(22)23)8-7-15-5-4-6-16(21)9-15/h4-6,9,11,23-24H,7-8,10,12H2,1-3H3. The lowest BCUT2D eigenvalue weighted by Crippen LogP contribution is -2.33. The Labute approximate surface area is 173 Å². The maximum atomic E-state index is 8.38. The van der Waals surface area contributed by atoms with Gasteiger partial charge in [0.1, 0.15) is 16.8 Å². The summed E-state index contributed by atoms with van der Waals surface area (Å²) in [6, 6.07) is 8.13. The third-order valence-corrected chi connectivity index (χ3v) is 4.98. The molecule has 0 radical (unpaired) electrons. The Morgan fingerprint density at radius 1 is 1.30 bits per heavy atom. The lowest BCUT2D eigenvalue weighted by atomic mass is 10.1. The van der Waals surface area contributed by atoms with Crippen LogP contribution < -0.4 is 4.74 Å². The Kier molecular flexibility index (Phi) is 7.80. The smallest absolute Gasteiger partial charge is 0.128 e. The van der Waals surface area contributed by atoms with Gasteiger partial charge in [0.15, 0.2) is 0 Å². The van der Waals surface area contributed by atoms with Gasteiger partial charge in [-0.1, -0.05) is 39.7 Å². The molecule has 0 aliphatic rings. The predicted octanol–water partition coefficient (Wildman–Crippen LogP) is 5.10. The molecule has 1 heterocycles. The van der Waals surface area contributed by atoms with Crippen molar-refractivity contribution in [3.05, 3.63) is 57.3 Å². The summed E-state index contributed by atoms with van der Waals surface area (Å²) in [6.45, 7) is 5.05. The number of ether oxygens (including phenoxy) is 1. The Morgan fingerprint density at radius 3 is 2.67 bits per heavy atom. The minimum absolute atomic E-state index is 0.0429. The highest BCUT2D eigenvalue weighted by Crippen LogP contribution is 2.25. The van der Waals surface area contributed by atoms with E-state index in [1.54, 1.807) is 13.3 Å². The monoisotopic (exact) mass is 450 g/mol. The first kappa shape index (κ1) is 21.4. The molecule has 0 saturated carbocycles. The maximum Gasteiger partial charge on any atom is 0.128 e. The first-order valence-corrected chi connectivity index (χ1v) is 9.77. The van der Waals surface area contributed by atoms with E-state index in [9.17, 15) is 0 Å². The SMILES string of the molecule is COc1c(C)cnc(CN(CCc2cccc(Br)c2)C(=N)CC(=N)Cl)c1C. The van der Waals surface area contributed by atoms with Crippen LogP contribution in [0.5, 0.6) is 5.75 Å². The minimum Gasteiger partial charge on any atom is -0.496 e. The second-order valence-corrected chi connectivity index (χ2v) is 7.75. The zero-order chi connectivity index (χ0) is 20.0. The third kappa shape index (κ3) is 6.04. The highest BCUT2D eigenvalue weighted by molar-refractivity contribution is 9.10. The number of halogens is 2. The summed E-state index contributed by atoms with van der Waals surface area (Å²) in [5.74, 6) is 1.13. The van der Waals surface area contributed by atoms with E-state index >= 15 is 0 Å². The summed E-state index contributed by atoms with van der Waals surface area (Å²) in [5.41, 5.74) is 3.99. The van der Waals surface area contributed by atoms with Crippen molar-refractivity contribution >= 4 is 38.5 Å². The van der Waals surface area contributed by atoms with Gasteiger partial charge in [-0.15, -0.1) is 0 Å². The summed E-state index contributed by atoms with van der Waals surface area (Å²) in [5, 5.41) is 15.8. The summed E-state index contributed by atoms with van der Waals surface area (Å²) in [4.78, 5) is 6.46. The first-order valence-electron chi connectivity index (χ1n) is 8.60. The van der Waals surface area contributed by atoms with Gasteiger partial charge in [0, 0.05) is 28.3 Å². The Morgan fingerprint density at radius 2 is 2.04 bits per heavy atom. The van der Waals surface area contributed by atoms with E-state index in [1.165, 1.54) is 5.56 Å². The fourth-order valence-corrected chi connectivity index (χ4v) is 3.51. The second kappa shape index (κ2) is 9.85. The van der Waals surface area contributed by atoms with E-state index in [2.05, 4.69) is 33.0 Å². The Hall–Kier alpha value is -1.92. The maximum absolute atomic E-state index is 8.38. The van der Waals surface area contributed by atoms with Crippen LogP contribution in [0.3, 0.4) is 0 Å². The number of rotatable bonds is 8. The van der Waals surface area contributed by atoms with Crippen LogP contribution in [0.15, 0.2) is 34.9 Å². The Balaban J connectivity index is 2.22. The number of methoxy groups -OCH3 is 1. The quantitative estimate of drug-likeness (QED) is 0.433. The number of nitrogens with zero attached hydrogens (tertiary/aromatic N) is 2. The van der Waals surface area contributed by atoms with Gasteiger partial charge in [-0.3, -0.25) is 15.8 Å². The predicted molar refractivity (Wildman–Crippen MR) is 114 cm³/mol.